The summed E-state index contributed by atoms with van der Waals surface area (Å²) >= 11 is 0. The number of nitrogens with two attached hydrogens (primary N) is 1. The predicted molar refractivity (Wildman–Crippen MR) is 342 cm³/mol. The number of likely N-dealkylation sites (N-methyl/N-ethyl adjacent to an activating group) is 3. The minimum atomic E-state index is -1.10. The number of primary amides is 1. The molecule has 0 saturated carbocycles. The summed E-state index contributed by atoms with van der Waals surface area (Å²) in [6.45, 7) is 21.4. The minimum absolute atomic E-state index is 0.000315. The zero-order valence-electron chi connectivity index (χ0n) is 57.0. The van der Waals surface area contributed by atoms with E-state index < -0.39 is 102 Å². The second-order valence-electron chi connectivity index (χ2n) is 25.3. The molecular formula is C64H111N11O15. The molecule has 13 atom stereocenters. The summed E-state index contributed by atoms with van der Waals surface area (Å²) in [4.78, 5) is 146. The van der Waals surface area contributed by atoms with Gasteiger partial charge >= 0.3 is 12.0 Å². The van der Waals surface area contributed by atoms with Gasteiger partial charge < -0.3 is 66.3 Å². The van der Waals surface area contributed by atoms with Crippen LogP contribution in [-0.4, -0.2) is 207 Å². The van der Waals surface area contributed by atoms with Gasteiger partial charge in [-0.2, -0.15) is 0 Å². The standard InChI is InChI=1S/C64H111N11O15/c1-19-40(9)56(47(87-16)34-50(77)71-90-36-43-28-30-44(31-29-43)67-59(81)45(24-22-32-66-64(65)86)68-60(82)53(37(3)4)69-49(76)26-21-27-52(79)80)73(14)62(84)42(11)58(89-18)46-25-23-33-75(46)51(78)35-48(88-17)57(41(10)20-2)74(15)63(85)54(38(5)6)70-61(83)55(39(7)8)72(12)13/h28-31,37-42,45-48,53-58H,19-27,32-36H2,1-18H3,(H,67,81)(H,68,82)(H,69,76)(H,70,83)(H,71,77)(H,79,80)(H3,65,66,86)/t40-,41-,42+,45+,46-,47+,48+,53+,54-,55-,56-,57-,58+/m0/s1. The monoisotopic (exact) mass is 1270 g/mol. The molecule has 1 aliphatic rings. The van der Waals surface area contributed by atoms with E-state index in [9.17, 15) is 47.9 Å². The highest BCUT2D eigenvalue weighted by atomic mass is 16.7. The fourth-order valence-electron chi connectivity index (χ4n) is 12.0. The Morgan fingerprint density at radius 1 is 0.667 bits per heavy atom. The third-order valence-electron chi connectivity index (χ3n) is 17.3. The van der Waals surface area contributed by atoms with Gasteiger partial charge in [0.15, 0.2) is 0 Å². The first-order valence-corrected chi connectivity index (χ1v) is 31.8. The van der Waals surface area contributed by atoms with Crippen molar-refractivity contribution in [3.05, 3.63) is 29.8 Å². The number of hydroxylamine groups is 1. The Kier molecular flexibility index (Phi) is 35.1. The van der Waals surface area contributed by atoms with E-state index in [-0.39, 0.29) is 111 Å². The van der Waals surface area contributed by atoms with Crippen LogP contribution >= 0.6 is 0 Å². The molecule has 0 bridgehead atoms. The SMILES string of the molecule is CC[C@H](C)[C@@H]([C@@H](CC(=O)N1CCC[C@H]1[C@H](OC)[C@@H](C)C(=O)N(C)[C@@H]([C@@H](C)CC)[C@@H](CC(=O)NOCc1ccc(NC(=O)[C@@H](CCCNC(N)=O)NC(=O)[C@H](NC(=O)CCCC(=O)O)C(C)C)cc1)OC)OC)N(C)C(=O)[C@@H](NC(=O)[C@H](C(C)C)N(C)C)C(C)C. The van der Waals surface area contributed by atoms with Gasteiger partial charge in [0.2, 0.25) is 47.3 Å². The number of hydrogen-bond donors (Lipinski definition) is 8. The van der Waals surface area contributed by atoms with E-state index in [2.05, 4.69) is 32.1 Å². The number of carbonyl (C=O) groups is 10. The van der Waals surface area contributed by atoms with Gasteiger partial charge in [-0.1, -0.05) is 101 Å². The molecule has 26 nitrogen and oxygen atoms in total. The molecule has 10 amide bonds. The summed E-state index contributed by atoms with van der Waals surface area (Å²) in [5.41, 5.74) is 8.68. The summed E-state index contributed by atoms with van der Waals surface area (Å²) in [6, 6.07) is 0.840. The van der Waals surface area contributed by atoms with Crippen molar-refractivity contribution in [3.8, 4) is 0 Å². The van der Waals surface area contributed by atoms with Crippen LogP contribution in [0.5, 0.6) is 0 Å². The van der Waals surface area contributed by atoms with Crippen LogP contribution in [0.4, 0.5) is 10.5 Å². The second kappa shape index (κ2) is 39.7. The van der Waals surface area contributed by atoms with Gasteiger partial charge in [0, 0.05) is 67.0 Å². The molecule has 1 heterocycles. The average molecular weight is 1270 g/mol. The molecule has 1 saturated heterocycles. The molecule has 2 rings (SSSR count). The highest BCUT2D eigenvalue weighted by Crippen LogP contribution is 2.32. The van der Waals surface area contributed by atoms with E-state index in [0.29, 0.717) is 43.5 Å². The van der Waals surface area contributed by atoms with Gasteiger partial charge in [-0.15, -0.1) is 0 Å². The van der Waals surface area contributed by atoms with Crippen LogP contribution in [0.1, 0.15) is 152 Å². The number of amides is 10. The number of hydrogen-bond acceptors (Lipinski definition) is 15. The van der Waals surface area contributed by atoms with Gasteiger partial charge in [0.1, 0.15) is 18.1 Å². The number of carbonyl (C=O) groups excluding carboxylic acids is 9. The van der Waals surface area contributed by atoms with E-state index in [1.54, 1.807) is 73.8 Å². The van der Waals surface area contributed by atoms with Gasteiger partial charge in [-0.05, 0) is 93.5 Å². The molecular weight excluding hydrogens is 1160 g/mol. The lowest BCUT2D eigenvalue weighted by Gasteiger charge is -2.42. The van der Waals surface area contributed by atoms with Crippen molar-refractivity contribution in [3.63, 3.8) is 0 Å². The van der Waals surface area contributed by atoms with Crippen molar-refractivity contribution in [2.45, 2.75) is 214 Å². The van der Waals surface area contributed by atoms with Crippen molar-refractivity contribution in [1.82, 2.24) is 46.3 Å². The second-order valence-corrected chi connectivity index (χ2v) is 25.3. The summed E-state index contributed by atoms with van der Waals surface area (Å²) in [7, 11) is 11.6. The van der Waals surface area contributed by atoms with Crippen LogP contribution in [0.25, 0.3) is 0 Å². The van der Waals surface area contributed by atoms with E-state index >= 15 is 0 Å². The van der Waals surface area contributed by atoms with E-state index in [0.717, 1.165) is 0 Å². The van der Waals surface area contributed by atoms with Gasteiger partial charge in [-0.25, -0.2) is 10.3 Å². The number of anilines is 1. The first kappa shape index (κ1) is 79.6. The third-order valence-corrected chi connectivity index (χ3v) is 17.3. The molecule has 0 aromatic heterocycles. The first-order chi connectivity index (χ1) is 42.3. The summed E-state index contributed by atoms with van der Waals surface area (Å²) < 4.78 is 18.2. The van der Waals surface area contributed by atoms with Crippen molar-refractivity contribution in [2.24, 2.45) is 41.2 Å². The summed E-state index contributed by atoms with van der Waals surface area (Å²) in [6.07, 6.45) is 0.313. The zero-order chi connectivity index (χ0) is 68.3. The van der Waals surface area contributed by atoms with Crippen LogP contribution in [0.2, 0.25) is 0 Å². The average Bonchev–Trinajstić information content (AvgIpc) is 1.65. The van der Waals surface area contributed by atoms with Gasteiger partial charge in [0.05, 0.1) is 67.8 Å². The topological polar surface area (TPSA) is 339 Å². The number of benzene rings is 1. The highest BCUT2D eigenvalue weighted by Gasteiger charge is 2.45. The third kappa shape index (κ3) is 24.6. The van der Waals surface area contributed by atoms with Crippen molar-refractivity contribution < 1.29 is 72.1 Å². The molecule has 0 aliphatic carbocycles. The van der Waals surface area contributed by atoms with Crippen LogP contribution in [0, 0.1) is 35.5 Å². The lowest BCUT2D eigenvalue weighted by molar-refractivity contribution is -0.152. The van der Waals surface area contributed by atoms with Crippen molar-refractivity contribution in [2.75, 3.05) is 67.9 Å². The Morgan fingerprint density at radius 2 is 1.23 bits per heavy atom. The van der Waals surface area contributed by atoms with Crippen LogP contribution in [0.3, 0.4) is 0 Å². The smallest absolute Gasteiger partial charge is 0.312 e. The fourth-order valence-corrected chi connectivity index (χ4v) is 12.0. The predicted octanol–water partition coefficient (Wildman–Crippen LogP) is 4.43. The Labute approximate surface area is 534 Å². The highest BCUT2D eigenvalue weighted by molar-refractivity contribution is 5.98. The lowest BCUT2D eigenvalue weighted by atomic mass is 9.88. The Morgan fingerprint density at radius 3 is 1.73 bits per heavy atom. The van der Waals surface area contributed by atoms with E-state index in [1.165, 1.54) is 21.3 Å². The number of urea groups is 1. The Hall–Kier alpha value is -6.48. The maximum atomic E-state index is 14.8. The molecule has 0 unspecified atom stereocenters. The number of rotatable bonds is 41. The van der Waals surface area contributed by atoms with Crippen LogP contribution < -0.4 is 37.8 Å². The molecule has 1 aromatic rings. The minimum Gasteiger partial charge on any atom is -0.481 e. The largest absolute Gasteiger partial charge is 0.481 e. The Balaban J connectivity index is 2.21. The molecule has 1 aromatic carbocycles. The molecule has 0 radical (unpaired) electrons. The van der Waals surface area contributed by atoms with E-state index in [4.69, 9.17) is 29.9 Å². The number of carboxylic acids is 1. The molecule has 0 spiro atoms. The van der Waals surface area contributed by atoms with Gasteiger partial charge in [0.25, 0.3) is 0 Å². The lowest BCUT2D eigenvalue weighted by Crippen LogP contribution is -2.59. The molecule has 512 valence electrons. The molecule has 1 aliphatic heterocycles. The number of ether oxygens (including phenoxy) is 3. The van der Waals surface area contributed by atoms with Crippen molar-refractivity contribution >= 4 is 64.9 Å². The van der Waals surface area contributed by atoms with Crippen LogP contribution in [0.15, 0.2) is 24.3 Å². The van der Waals surface area contributed by atoms with Gasteiger partial charge in [-0.3, -0.25) is 52.9 Å². The molecule has 90 heavy (non-hydrogen) atoms. The summed E-state index contributed by atoms with van der Waals surface area (Å²) in [5.74, 6) is -5.83. The Bertz CT molecular complexity index is 2460. The number of carboxylic acid groups (broad SMARTS) is 1. The van der Waals surface area contributed by atoms with Crippen LogP contribution in [-0.2, 0) is 68.8 Å². The quantitative estimate of drug-likeness (QED) is 0.0332. The maximum Gasteiger partial charge on any atom is 0.312 e. The zero-order valence-corrected chi connectivity index (χ0v) is 57.0. The van der Waals surface area contributed by atoms with E-state index in [1.807, 2.05) is 74.4 Å². The number of nitrogens with one attached hydrogen (secondary N) is 6. The number of nitrogens with zero attached hydrogens (tertiary/aromatic N) is 4. The molecule has 26 heteroatoms. The number of likely N-dealkylation sites (tertiary alicyclic amines) is 1. The molecule has 9 N–H and O–H groups in total. The maximum absolute atomic E-state index is 14.8. The first-order valence-electron chi connectivity index (χ1n) is 31.8. The summed E-state index contributed by atoms with van der Waals surface area (Å²) in [5, 5.41) is 22.6. The fraction of sp³-hybridized carbons (Fsp3) is 0.750. The normalized spacial score (nSPS) is 17.4. The molecule has 1 fully saturated rings. The van der Waals surface area contributed by atoms with Crippen molar-refractivity contribution in [1.29, 1.82) is 0 Å². The number of methoxy groups -OCH3 is 3. The number of aliphatic carboxylic acids is 1.